The number of hydrogen-bond acceptors (Lipinski definition) is 5. The molecule has 2 heterocycles. The molecule has 2 aromatic rings. The average molecular weight is 342 g/mol. The van der Waals surface area contributed by atoms with Gasteiger partial charge in [0.15, 0.2) is 6.61 Å². The zero-order valence-electron chi connectivity index (χ0n) is 12.8. The van der Waals surface area contributed by atoms with Crippen LogP contribution >= 0.6 is 12.4 Å². The van der Waals surface area contributed by atoms with Gasteiger partial charge in [-0.3, -0.25) is 0 Å². The highest BCUT2D eigenvalue weighted by atomic mass is 35.5. The first-order valence-electron chi connectivity index (χ1n) is 7.70. The third kappa shape index (κ3) is 5.48. The predicted octanol–water partition coefficient (Wildman–Crippen LogP) is 3.14. The third-order valence-electron chi connectivity index (χ3n) is 3.83. The number of halogens is 2. The fourth-order valence-corrected chi connectivity index (χ4v) is 2.68. The molecule has 0 bridgehead atoms. The van der Waals surface area contributed by atoms with E-state index in [1.165, 1.54) is 25.0 Å². The number of rotatable bonds is 5. The van der Waals surface area contributed by atoms with Crippen molar-refractivity contribution >= 4 is 12.4 Å². The maximum absolute atomic E-state index is 13.1. The van der Waals surface area contributed by atoms with Crippen LogP contribution in [-0.4, -0.2) is 23.2 Å². The lowest BCUT2D eigenvalue weighted by Crippen LogP contribution is -2.14. The monoisotopic (exact) mass is 341 g/mol. The molecule has 1 aliphatic heterocycles. The molecule has 0 saturated carbocycles. The van der Waals surface area contributed by atoms with Crippen LogP contribution in [0.15, 0.2) is 28.8 Å². The van der Waals surface area contributed by atoms with E-state index >= 15 is 0 Å². The maximum atomic E-state index is 13.1. The van der Waals surface area contributed by atoms with Gasteiger partial charge in [-0.1, -0.05) is 11.2 Å². The molecule has 1 N–H and O–H groups in total. The molecule has 23 heavy (non-hydrogen) atoms. The summed E-state index contributed by atoms with van der Waals surface area (Å²) in [4.78, 5) is 4.36. The van der Waals surface area contributed by atoms with Crippen molar-refractivity contribution in [1.29, 1.82) is 0 Å². The molecule has 1 atom stereocenters. The number of hydrogen-bond donors (Lipinski definition) is 1. The Kier molecular flexibility index (Phi) is 6.80. The lowest BCUT2D eigenvalue weighted by atomic mass is 9.97. The second kappa shape index (κ2) is 8.84. The molecule has 0 aliphatic carbocycles. The SMILES string of the molecule is Cl.Fc1cccc(OCc2noc(CC3CCCNCC3)n2)c1. The number of ether oxygens (including phenoxy) is 1. The standard InChI is InChI=1S/C16H20FN3O2.ClH/c17-13-4-1-5-14(10-13)21-11-15-19-16(22-20-15)9-12-3-2-7-18-8-6-12;/h1,4-5,10,12,18H,2-3,6-9,11H2;1H. The largest absolute Gasteiger partial charge is 0.485 e. The van der Waals surface area contributed by atoms with Crippen molar-refractivity contribution in [1.82, 2.24) is 15.5 Å². The van der Waals surface area contributed by atoms with Crippen LogP contribution in [0.2, 0.25) is 0 Å². The molecule has 1 aliphatic rings. The normalized spacial score (nSPS) is 18.0. The Morgan fingerprint density at radius 3 is 3.09 bits per heavy atom. The van der Waals surface area contributed by atoms with Crippen LogP contribution in [0.5, 0.6) is 5.75 Å². The summed E-state index contributed by atoms with van der Waals surface area (Å²) in [5, 5.41) is 7.32. The van der Waals surface area contributed by atoms with Crippen LogP contribution in [0.1, 0.15) is 31.0 Å². The molecule has 0 spiro atoms. The number of aromatic nitrogens is 2. The highest BCUT2D eigenvalue weighted by Gasteiger charge is 2.16. The van der Waals surface area contributed by atoms with E-state index in [-0.39, 0.29) is 24.8 Å². The molecule has 1 unspecified atom stereocenters. The summed E-state index contributed by atoms with van der Waals surface area (Å²) < 4.78 is 23.8. The molecule has 7 heteroatoms. The Bertz CT molecular complexity index is 601. The summed E-state index contributed by atoms with van der Waals surface area (Å²) in [6.07, 6.45) is 4.32. The van der Waals surface area contributed by atoms with E-state index in [0.717, 1.165) is 25.9 Å². The Hall–Kier alpha value is -1.66. The van der Waals surface area contributed by atoms with E-state index in [0.29, 0.717) is 23.4 Å². The number of nitrogens with zero attached hydrogens (tertiary/aromatic N) is 2. The van der Waals surface area contributed by atoms with Gasteiger partial charge in [0.05, 0.1) is 0 Å². The molecule has 126 valence electrons. The average Bonchev–Trinajstić information content (AvgIpc) is 2.79. The van der Waals surface area contributed by atoms with Crippen molar-refractivity contribution < 1.29 is 13.7 Å². The van der Waals surface area contributed by atoms with E-state index in [2.05, 4.69) is 15.5 Å². The van der Waals surface area contributed by atoms with Gasteiger partial charge < -0.3 is 14.6 Å². The van der Waals surface area contributed by atoms with Crippen molar-refractivity contribution in [2.75, 3.05) is 13.1 Å². The summed E-state index contributed by atoms with van der Waals surface area (Å²) >= 11 is 0. The molecule has 1 saturated heterocycles. The Morgan fingerprint density at radius 2 is 2.22 bits per heavy atom. The third-order valence-corrected chi connectivity index (χ3v) is 3.83. The number of benzene rings is 1. The Balaban J connectivity index is 0.00000192. The maximum Gasteiger partial charge on any atom is 0.227 e. The van der Waals surface area contributed by atoms with Gasteiger partial charge in [0, 0.05) is 12.5 Å². The van der Waals surface area contributed by atoms with Crippen molar-refractivity contribution in [3.05, 3.63) is 41.8 Å². The minimum absolute atomic E-state index is 0. The van der Waals surface area contributed by atoms with Crippen molar-refractivity contribution in [2.24, 2.45) is 5.92 Å². The summed E-state index contributed by atoms with van der Waals surface area (Å²) in [5.74, 6) is 1.87. The van der Waals surface area contributed by atoms with Gasteiger partial charge in [-0.15, -0.1) is 12.4 Å². The first-order chi connectivity index (χ1) is 10.8. The van der Waals surface area contributed by atoms with Crippen LogP contribution in [0.3, 0.4) is 0 Å². The van der Waals surface area contributed by atoms with E-state index in [1.807, 2.05) is 0 Å². The molecular formula is C16H21ClFN3O2. The first-order valence-corrected chi connectivity index (χ1v) is 7.70. The van der Waals surface area contributed by atoms with Gasteiger partial charge in [-0.05, 0) is 50.4 Å². The van der Waals surface area contributed by atoms with E-state index in [9.17, 15) is 4.39 Å². The van der Waals surface area contributed by atoms with Crippen LogP contribution in [0, 0.1) is 11.7 Å². The quantitative estimate of drug-likeness (QED) is 0.905. The summed E-state index contributed by atoms with van der Waals surface area (Å²) in [6, 6.07) is 6.01. The van der Waals surface area contributed by atoms with Crippen LogP contribution in [0.4, 0.5) is 4.39 Å². The van der Waals surface area contributed by atoms with Gasteiger partial charge in [0.25, 0.3) is 0 Å². The molecule has 5 nitrogen and oxygen atoms in total. The minimum atomic E-state index is -0.326. The van der Waals surface area contributed by atoms with E-state index in [1.54, 1.807) is 12.1 Å². The zero-order valence-corrected chi connectivity index (χ0v) is 13.7. The smallest absolute Gasteiger partial charge is 0.227 e. The fraction of sp³-hybridized carbons (Fsp3) is 0.500. The van der Waals surface area contributed by atoms with E-state index < -0.39 is 0 Å². The van der Waals surface area contributed by atoms with Crippen LogP contribution in [0.25, 0.3) is 0 Å². The molecule has 0 radical (unpaired) electrons. The second-order valence-electron chi connectivity index (χ2n) is 5.60. The minimum Gasteiger partial charge on any atom is -0.485 e. The highest BCUT2D eigenvalue weighted by molar-refractivity contribution is 5.85. The molecule has 0 amide bonds. The lowest BCUT2D eigenvalue weighted by molar-refractivity contribution is 0.282. The first kappa shape index (κ1) is 17.7. The lowest BCUT2D eigenvalue weighted by Gasteiger charge is -2.09. The Labute approximate surface area is 141 Å². The second-order valence-corrected chi connectivity index (χ2v) is 5.60. The zero-order chi connectivity index (χ0) is 15.2. The summed E-state index contributed by atoms with van der Waals surface area (Å²) in [7, 11) is 0. The molecule has 1 fully saturated rings. The van der Waals surface area contributed by atoms with E-state index in [4.69, 9.17) is 9.26 Å². The topological polar surface area (TPSA) is 60.2 Å². The van der Waals surface area contributed by atoms with Gasteiger partial charge in [-0.25, -0.2) is 4.39 Å². The van der Waals surface area contributed by atoms with Crippen LogP contribution < -0.4 is 10.1 Å². The van der Waals surface area contributed by atoms with Gasteiger partial charge in [-0.2, -0.15) is 4.98 Å². The summed E-state index contributed by atoms with van der Waals surface area (Å²) in [6.45, 7) is 2.32. The van der Waals surface area contributed by atoms with Gasteiger partial charge >= 0.3 is 0 Å². The molecule has 1 aromatic heterocycles. The fourth-order valence-electron chi connectivity index (χ4n) is 2.68. The predicted molar refractivity (Wildman–Crippen MR) is 86.2 cm³/mol. The van der Waals surface area contributed by atoms with Crippen molar-refractivity contribution in [3.63, 3.8) is 0 Å². The van der Waals surface area contributed by atoms with Gasteiger partial charge in [0.2, 0.25) is 11.7 Å². The summed E-state index contributed by atoms with van der Waals surface area (Å²) in [5.41, 5.74) is 0. The van der Waals surface area contributed by atoms with Crippen molar-refractivity contribution in [3.8, 4) is 5.75 Å². The number of nitrogens with one attached hydrogen (secondary N) is 1. The Morgan fingerprint density at radius 1 is 1.30 bits per heavy atom. The molecule has 1 aromatic carbocycles. The molecular weight excluding hydrogens is 321 g/mol. The van der Waals surface area contributed by atoms with Crippen molar-refractivity contribution in [2.45, 2.75) is 32.3 Å². The highest BCUT2D eigenvalue weighted by Crippen LogP contribution is 2.19. The van der Waals surface area contributed by atoms with Gasteiger partial charge in [0.1, 0.15) is 11.6 Å². The van der Waals surface area contributed by atoms with Crippen LogP contribution in [-0.2, 0) is 13.0 Å². The molecule has 3 rings (SSSR count).